The molecule has 9 nitrogen and oxygen atoms in total. The predicted octanol–water partition coefficient (Wildman–Crippen LogP) is 5.81. The lowest BCUT2D eigenvalue weighted by Gasteiger charge is -2.33. The average molecular weight is 642 g/mol. The molecule has 0 spiro atoms. The molecule has 1 aliphatic rings. The summed E-state index contributed by atoms with van der Waals surface area (Å²) in [5.41, 5.74) is 1.05. The Labute approximate surface area is 265 Å². The number of hydrogen-bond donors (Lipinski definition) is 1. The molecule has 44 heavy (non-hydrogen) atoms. The number of methoxy groups -OCH3 is 1. The number of anilines is 1. The molecule has 0 bridgehead atoms. The van der Waals surface area contributed by atoms with Gasteiger partial charge in [0.2, 0.25) is 11.8 Å². The van der Waals surface area contributed by atoms with Gasteiger partial charge in [0.1, 0.15) is 24.1 Å². The van der Waals surface area contributed by atoms with Crippen LogP contribution in [0.5, 0.6) is 11.5 Å². The third-order valence-electron chi connectivity index (χ3n) is 7.75. The summed E-state index contributed by atoms with van der Waals surface area (Å²) in [7, 11) is -2.64. The molecule has 0 radical (unpaired) electrons. The largest absolute Gasteiger partial charge is 0.497 e. The fourth-order valence-electron chi connectivity index (χ4n) is 5.22. The molecular formula is C33H40ClN3O6S. The average Bonchev–Trinajstić information content (AvgIpc) is 3.03. The Bertz CT molecular complexity index is 1490. The van der Waals surface area contributed by atoms with Crippen LogP contribution < -0.4 is 19.1 Å². The van der Waals surface area contributed by atoms with E-state index in [1.807, 2.05) is 19.1 Å². The van der Waals surface area contributed by atoms with Crippen LogP contribution >= 0.6 is 11.6 Å². The van der Waals surface area contributed by atoms with E-state index in [0.717, 1.165) is 42.0 Å². The Kier molecular flexibility index (Phi) is 11.5. The number of sulfonamides is 1. The zero-order chi connectivity index (χ0) is 31.7. The maximum atomic E-state index is 14.2. The number of amides is 2. The van der Waals surface area contributed by atoms with Gasteiger partial charge >= 0.3 is 0 Å². The zero-order valence-electron chi connectivity index (χ0n) is 25.4. The van der Waals surface area contributed by atoms with Crippen molar-refractivity contribution < 1.29 is 27.5 Å². The lowest BCUT2D eigenvalue weighted by atomic mass is 9.95. The van der Waals surface area contributed by atoms with Crippen molar-refractivity contribution in [3.8, 4) is 11.5 Å². The molecule has 0 aromatic heterocycles. The summed E-state index contributed by atoms with van der Waals surface area (Å²) >= 11 is 6.03. The molecule has 1 N–H and O–H groups in total. The van der Waals surface area contributed by atoms with Gasteiger partial charge in [-0.05, 0) is 92.9 Å². The van der Waals surface area contributed by atoms with Crippen molar-refractivity contribution in [1.82, 2.24) is 10.2 Å². The molecule has 11 heteroatoms. The highest BCUT2D eigenvalue weighted by molar-refractivity contribution is 7.92. The molecule has 1 fully saturated rings. The molecule has 0 aliphatic heterocycles. The summed E-state index contributed by atoms with van der Waals surface area (Å²) in [5, 5.41) is 3.50. The second kappa shape index (κ2) is 15.3. The highest BCUT2D eigenvalue weighted by atomic mass is 35.5. The molecule has 3 aromatic carbocycles. The van der Waals surface area contributed by atoms with E-state index in [4.69, 9.17) is 21.1 Å². The van der Waals surface area contributed by atoms with Gasteiger partial charge in [-0.25, -0.2) is 8.42 Å². The van der Waals surface area contributed by atoms with Crippen molar-refractivity contribution in [3.05, 3.63) is 83.4 Å². The van der Waals surface area contributed by atoms with E-state index in [1.165, 1.54) is 29.2 Å². The summed E-state index contributed by atoms with van der Waals surface area (Å²) in [6.07, 6.45) is 5.04. The second-order valence-corrected chi connectivity index (χ2v) is 13.1. The third-order valence-corrected chi connectivity index (χ3v) is 9.79. The number of nitrogens with zero attached hydrogens (tertiary/aromatic N) is 2. The highest BCUT2D eigenvalue weighted by Crippen LogP contribution is 2.28. The fourth-order valence-corrected chi connectivity index (χ4v) is 6.76. The van der Waals surface area contributed by atoms with Crippen LogP contribution in [0.15, 0.2) is 77.7 Å². The molecule has 1 saturated carbocycles. The van der Waals surface area contributed by atoms with Crippen molar-refractivity contribution in [2.75, 3.05) is 24.6 Å². The van der Waals surface area contributed by atoms with E-state index in [0.29, 0.717) is 23.1 Å². The van der Waals surface area contributed by atoms with Crippen LogP contribution in [-0.4, -0.2) is 57.5 Å². The zero-order valence-corrected chi connectivity index (χ0v) is 26.9. The normalized spacial score (nSPS) is 14.4. The number of hydrogen-bond acceptors (Lipinski definition) is 6. The van der Waals surface area contributed by atoms with E-state index < -0.39 is 28.5 Å². The molecule has 1 unspecified atom stereocenters. The summed E-state index contributed by atoms with van der Waals surface area (Å²) in [4.78, 5) is 29.0. The maximum absolute atomic E-state index is 14.2. The van der Waals surface area contributed by atoms with E-state index in [1.54, 1.807) is 50.4 Å². The first-order valence-electron chi connectivity index (χ1n) is 14.9. The van der Waals surface area contributed by atoms with E-state index >= 15 is 0 Å². The van der Waals surface area contributed by atoms with Crippen LogP contribution in [0.3, 0.4) is 0 Å². The fraction of sp³-hybridized carbons (Fsp3) is 0.394. The number of carbonyl (C=O) groups excluding carboxylic acids is 2. The first-order chi connectivity index (χ1) is 21.1. The van der Waals surface area contributed by atoms with Crippen LogP contribution in [0.4, 0.5) is 5.69 Å². The predicted molar refractivity (Wildman–Crippen MR) is 172 cm³/mol. The van der Waals surface area contributed by atoms with Gasteiger partial charge in [0.25, 0.3) is 10.0 Å². The van der Waals surface area contributed by atoms with Crippen LogP contribution in [0.2, 0.25) is 5.02 Å². The second-order valence-electron chi connectivity index (χ2n) is 10.8. The monoisotopic (exact) mass is 641 g/mol. The first kappa shape index (κ1) is 33.1. The molecule has 1 aliphatic carbocycles. The maximum Gasteiger partial charge on any atom is 0.264 e. The van der Waals surface area contributed by atoms with Crippen molar-refractivity contribution >= 4 is 39.1 Å². The minimum absolute atomic E-state index is 0.0200. The summed E-state index contributed by atoms with van der Waals surface area (Å²) in [6.45, 7) is 3.55. The summed E-state index contributed by atoms with van der Waals surface area (Å²) in [6, 6.07) is 18.7. The Hall–Kier alpha value is -3.76. The molecule has 4 rings (SSSR count). The van der Waals surface area contributed by atoms with Crippen LogP contribution in [0, 0.1) is 0 Å². The van der Waals surface area contributed by atoms with Gasteiger partial charge < -0.3 is 19.7 Å². The van der Waals surface area contributed by atoms with Gasteiger partial charge in [0, 0.05) is 17.6 Å². The smallest absolute Gasteiger partial charge is 0.264 e. The number of carbonyl (C=O) groups is 2. The summed E-state index contributed by atoms with van der Waals surface area (Å²) in [5.74, 6) is 0.427. The lowest BCUT2D eigenvalue weighted by Crippen LogP contribution is -2.53. The number of nitrogens with one attached hydrogen (secondary N) is 1. The van der Waals surface area contributed by atoms with Crippen molar-refractivity contribution in [2.24, 2.45) is 0 Å². The van der Waals surface area contributed by atoms with Gasteiger partial charge in [-0.1, -0.05) is 43.0 Å². The molecule has 236 valence electrons. The van der Waals surface area contributed by atoms with Crippen molar-refractivity contribution in [3.63, 3.8) is 0 Å². The summed E-state index contributed by atoms with van der Waals surface area (Å²) < 4.78 is 39.9. The Morgan fingerprint density at radius 3 is 2.14 bits per heavy atom. The van der Waals surface area contributed by atoms with Gasteiger partial charge in [0.15, 0.2) is 0 Å². The SMILES string of the molecule is CCOc1ccc(N(CC(=O)N(Cc2ccc(OC)cc2)C(C)C(=O)NC2CCCCC2)S(=O)(=O)c2ccc(Cl)cc2)cc1. The Morgan fingerprint density at radius 2 is 1.55 bits per heavy atom. The van der Waals surface area contributed by atoms with Gasteiger partial charge in [0.05, 0.1) is 24.3 Å². The van der Waals surface area contributed by atoms with Gasteiger partial charge in [-0.3, -0.25) is 13.9 Å². The van der Waals surface area contributed by atoms with Gasteiger partial charge in [-0.2, -0.15) is 0 Å². The molecular weight excluding hydrogens is 602 g/mol. The highest BCUT2D eigenvalue weighted by Gasteiger charge is 2.33. The van der Waals surface area contributed by atoms with Crippen LogP contribution in [0.1, 0.15) is 51.5 Å². The van der Waals surface area contributed by atoms with Crippen LogP contribution in [0.25, 0.3) is 0 Å². The lowest BCUT2D eigenvalue weighted by molar-refractivity contribution is -0.139. The number of halogens is 1. The quantitative estimate of drug-likeness (QED) is 0.253. The van der Waals surface area contributed by atoms with E-state index in [-0.39, 0.29) is 29.1 Å². The molecule has 1 atom stereocenters. The number of ether oxygens (including phenoxy) is 2. The molecule has 0 heterocycles. The minimum atomic E-state index is -4.21. The molecule has 2 amide bonds. The van der Waals surface area contributed by atoms with Gasteiger partial charge in [-0.15, -0.1) is 0 Å². The molecule has 0 saturated heterocycles. The van der Waals surface area contributed by atoms with Crippen LogP contribution in [-0.2, 0) is 26.2 Å². The molecule has 3 aromatic rings. The number of rotatable bonds is 13. The Morgan fingerprint density at radius 1 is 0.932 bits per heavy atom. The van der Waals surface area contributed by atoms with Crippen molar-refractivity contribution in [1.29, 1.82) is 0 Å². The van der Waals surface area contributed by atoms with E-state index in [9.17, 15) is 18.0 Å². The Balaban J connectivity index is 1.67. The first-order valence-corrected chi connectivity index (χ1v) is 16.7. The number of benzene rings is 3. The third kappa shape index (κ3) is 8.45. The van der Waals surface area contributed by atoms with E-state index in [2.05, 4.69) is 5.32 Å². The van der Waals surface area contributed by atoms with Crippen molar-refractivity contribution in [2.45, 2.75) is 69.5 Å². The topological polar surface area (TPSA) is 105 Å². The minimum Gasteiger partial charge on any atom is -0.497 e. The standard InChI is InChI=1S/C33H40ClN3O6S/c1-4-43-30-18-14-28(15-19-30)37(44(40,41)31-20-12-26(34)13-21-31)23-32(38)36(22-25-10-16-29(42-3)17-11-25)24(2)33(39)35-27-8-6-5-7-9-27/h10-21,24,27H,4-9,22-23H2,1-3H3,(H,35,39).